The summed E-state index contributed by atoms with van der Waals surface area (Å²) in [6.07, 6.45) is 0. The summed E-state index contributed by atoms with van der Waals surface area (Å²) in [5.41, 5.74) is 0.763. The molecular formula is C23H21Cl3N2O5S. The summed E-state index contributed by atoms with van der Waals surface area (Å²) in [4.78, 5) is 13.0. The minimum Gasteiger partial charge on any atom is -0.495 e. The number of amides is 1. The number of sulfonamides is 1. The first-order chi connectivity index (χ1) is 16.1. The fourth-order valence-corrected chi connectivity index (χ4v) is 5.21. The van der Waals surface area contributed by atoms with Crippen LogP contribution in [0, 0.1) is 0 Å². The molecule has 1 amide bonds. The highest BCUT2D eigenvalue weighted by Gasteiger charge is 2.28. The third-order valence-corrected chi connectivity index (χ3v) is 7.50. The van der Waals surface area contributed by atoms with E-state index in [0.29, 0.717) is 21.4 Å². The maximum absolute atomic E-state index is 13.4. The normalized spacial score (nSPS) is 11.4. The number of nitrogens with one attached hydrogen (secondary N) is 1. The molecule has 0 saturated heterocycles. The molecule has 7 nitrogen and oxygen atoms in total. The van der Waals surface area contributed by atoms with Crippen molar-refractivity contribution in [3.63, 3.8) is 0 Å². The average molecular weight is 544 g/mol. The van der Waals surface area contributed by atoms with Crippen LogP contribution in [0.2, 0.25) is 15.1 Å². The molecule has 0 atom stereocenters. The van der Waals surface area contributed by atoms with Crippen molar-refractivity contribution in [1.82, 2.24) is 4.31 Å². The van der Waals surface area contributed by atoms with Crippen molar-refractivity contribution in [2.75, 3.05) is 26.1 Å². The highest BCUT2D eigenvalue weighted by atomic mass is 35.5. The maximum Gasteiger partial charge on any atom is 0.243 e. The second-order valence-electron chi connectivity index (χ2n) is 7.06. The van der Waals surface area contributed by atoms with E-state index in [1.807, 2.05) is 0 Å². The van der Waals surface area contributed by atoms with Gasteiger partial charge in [-0.1, -0.05) is 59.1 Å². The Balaban J connectivity index is 1.93. The Morgan fingerprint density at radius 3 is 2.21 bits per heavy atom. The van der Waals surface area contributed by atoms with Gasteiger partial charge in [0.1, 0.15) is 11.5 Å². The summed E-state index contributed by atoms with van der Waals surface area (Å²) in [5.74, 6) is 0.00380. The lowest BCUT2D eigenvalue weighted by molar-refractivity contribution is -0.116. The van der Waals surface area contributed by atoms with Gasteiger partial charge in [-0.05, 0) is 29.8 Å². The van der Waals surface area contributed by atoms with Crippen molar-refractivity contribution in [3.05, 3.63) is 81.3 Å². The van der Waals surface area contributed by atoms with E-state index in [9.17, 15) is 13.2 Å². The number of carbonyl (C=O) groups excluding carboxylic acids is 1. The molecule has 0 aliphatic rings. The Labute approximate surface area is 213 Å². The second-order valence-corrected chi connectivity index (χ2v) is 10.2. The molecule has 0 unspecified atom stereocenters. The second kappa shape index (κ2) is 11.3. The molecule has 0 heterocycles. The molecule has 0 aromatic heterocycles. The van der Waals surface area contributed by atoms with Gasteiger partial charge in [-0.3, -0.25) is 4.79 Å². The van der Waals surface area contributed by atoms with Crippen LogP contribution >= 0.6 is 34.8 Å². The van der Waals surface area contributed by atoms with Crippen molar-refractivity contribution < 1.29 is 22.7 Å². The molecule has 3 rings (SSSR count). The number of benzene rings is 3. The van der Waals surface area contributed by atoms with Gasteiger partial charge in [0, 0.05) is 28.7 Å². The number of ether oxygens (including phenoxy) is 2. The van der Waals surface area contributed by atoms with Gasteiger partial charge in [-0.15, -0.1) is 0 Å². The largest absolute Gasteiger partial charge is 0.495 e. The molecule has 180 valence electrons. The number of rotatable bonds is 9. The van der Waals surface area contributed by atoms with E-state index in [4.69, 9.17) is 44.3 Å². The Hall–Kier alpha value is -2.49. The summed E-state index contributed by atoms with van der Waals surface area (Å²) in [5, 5.41) is 3.65. The first kappa shape index (κ1) is 26.1. The standard InChI is InChI=1S/C23H21Cl3N2O5S/c1-32-21-12-20(22(33-2)11-19(21)26)27-23(29)14-28(13-15-8-9-16(24)10-18(15)25)34(30,31)17-6-4-3-5-7-17/h3-12H,13-14H2,1-2H3,(H,27,29). The third-order valence-electron chi connectivity index (χ3n) is 4.81. The van der Waals surface area contributed by atoms with Crippen molar-refractivity contribution in [2.24, 2.45) is 0 Å². The molecule has 0 fully saturated rings. The third kappa shape index (κ3) is 6.14. The molecule has 34 heavy (non-hydrogen) atoms. The summed E-state index contributed by atoms with van der Waals surface area (Å²) in [7, 11) is -1.19. The SMILES string of the molecule is COc1cc(NC(=O)CN(Cc2ccc(Cl)cc2Cl)S(=O)(=O)c2ccccc2)c(OC)cc1Cl. The number of hydrogen-bond acceptors (Lipinski definition) is 5. The van der Waals surface area contributed by atoms with E-state index in [2.05, 4.69) is 5.32 Å². The van der Waals surface area contributed by atoms with Crippen LogP contribution < -0.4 is 14.8 Å². The fraction of sp³-hybridized carbons (Fsp3) is 0.174. The van der Waals surface area contributed by atoms with Crippen LogP contribution in [0.3, 0.4) is 0 Å². The predicted octanol–water partition coefficient (Wildman–Crippen LogP) is 5.49. The lowest BCUT2D eigenvalue weighted by Crippen LogP contribution is -2.37. The molecule has 11 heteroatoms. The monoisotopic (exact) mass is 542 g/mol. The smallest absolute Gasteiger partial charge is 0.243 e. The number of halogens is 3. The highest BCUT2D eigenvalue weighted by Crippen LogP contribution is 2.36. The first-order valence-corrected chi connectivity index (χ1v) is 12.4. The van der Waals surface area contributed by atoms with Gasteiger partial charge in [0.05, 0.1) is 36.4 Å². The summed E-state index contributed by atoms with van der Waals surface area (Å²) < 4.78 is 38.3. The predicted molar refractivity (Wildman–Crippen MR) is 134 cm³/mol. The number of methoxy groups -OCH3 is 2. The lowest BCUT2D eigenvalue weighted by atomic mass is 10.2. The zero-order chi connectivity index (χ0) is 24.9. The number of hydrogen-bond donors (Lipinski definition) is 1. The van der Waals surface area contributed by atoms with Crippen molar-refractivity contribution in [2.45, 2.75) is 11.4 Å². The van der Waals surface area contributed by atoms with Crippen LogP contribution in [0.5, 0.6) is 11.5 Å². The lowest BCUT2D eigenvalue weighted by Gasteiger charge is -2.23. The quantitative estimate of drug-likeness (QED) is 0.386. The summed E-state index contributed by atoms with van der Waals surface area (Å²) in [6.45, 7) is -0.647. The zero-order valence-corrected chi connectivity index (χ0v) is 21.3. The van der Waals surface area contributed by atoms with Crippen molar-refractivity contribution in [1.29, 1.82) is 0 Å². The molecule has 0 aliphatic heterocycles. The van der Waals surface area contributed by atoms with Gasteiger partial charge >= 0.3 is 0 Å². The van der Waals surface area contributed by atoms with Gasteiger partial charge in [-0.2, -0.15) is 4.31 Å². The first-order valence-electron chi connectivity index (χ1n) is 9.86. The maximum atomic E-state index is 13.4. The van der Waals surface area contributed by atoms with E-state index < -0.39 is 22.5 Å². The molecule has 0 aliphatic carbocycles. The number of nitrogens with zero attached hydrogens (tertiary/aromatic N) is 1. The molecule has 0 spiro atoms. The number of carbonyl (C=O) groups is 1. The van der Waals surface area contributed by atoms with Gasteiger partial charge in [0.25, 0.3) is 0 Å². The Bertz CT molecular complexity index is 1290. The molecule has 0 radical (unpaired) electrons. The van der Waals surface area contributed by atoms with E-state index in [0.717, 1.165) is 4.31 Å². The Morgan fingerprint density at radius 1 is 0.912 bits per heavy atom. The fourth-order valence-electron chi connectivity index (χ4n) is 3.12. The zero-order valence-electron chi connectivity index (χ0n) is 18.2. The summed E-state index contributed by atoms with van der Waals surface area (Å²) in [6, 6.07) is 15.5. The van der Waals surface area contributed by atoms with E-state index in [1.165, 1.54) is 44.6 Å². The highest BCUT2D eigenvalue weighted by molar-refractivity contribution is 7.89. The van der Waals surface area contributed by atoms with Gasteiger partial charge in [-0.25, -0.2) is 8.42 Å². The van der Waals surface area contributed by atoms with E-state index in [1.54, 1.807) is 30.3 Å². The average Bonchev–Trinajstić information content (AvgIpc) is 2.81. The molecular weight excluding hydrogens is 523 g/mol. The van der Waals surface area contributed by atoms with Crippen LogP contribution in [0.4, 0.5) is 5.69 Å². The Kier molecular flexibility index (Phi) is 8.67. The van der Waals surface area contributed by atoms with Crippen LogP contribution in [0.15, 0.2) is 65.6 Å². The van der Waals surface area contributed by atoms with Gasteiger partial charge in [0.2, 0.25) is 15.9 Å². The molecule has 0 saturated carbocycles. The van der Waals surface area contributed by atoms with Gasteiger partial charge in [0.15, 0.2) is 0 Å². The van der Waals surface area contributed by atoms with Crippen LogP contribution in [0.1, 0.15) is 5.56 Å². The Morgan fingerprint density at radius 2 is 1.59 bits per heavy atom. The minimum absolute atomic E-state index is 0.0404. The number of anilines is 1. The van der Waals surface area contributed by atoms with Crippen LogP contribution in [-0.4, -0.2) is 39.4 Å². The minimum atomic E-state index is -4.04. The van der Waals surface area contributed by atoms with Crippen molar-refractivity contribution >= 4 is 56.4 Å². The van der Waals surface area contributed by atoms with Crippen LogP contribution in [-0.2, 0) is 21.4 Å². The molecule has 0 bridgehead atoms. The van der Waals surface area contributed by atoms with E-state index >= 15 is 0 Å². The summed E-state index contributed by atoms with van der Waals surface area (Å²) >= 11 is 18.4. The molecule has 1 N–H and O–H groups in total. The van der Waals surface area contributed by atoms with Crippen molar-refractivity contribution in [3.8, 4) is 11.5 Å². The molecule has 3 aromatic carbocycles. The van der Waals surface area contributed by atoms with Gasteiger partial charge < -0.3 is 14.8 Å². The van der Waals surface area contributed by atoms with Crippen LogP contribution in [0.25, 0.3) is 0 Å². The van der Waals surface area contributed by atoms with E-state index in [-0.39, 0.29) is 27.9 Å². The molecule has 3 aromatic rings. The topological polar surface area (TPSA) is 84.9 Å².